The molecule has 2 heterocycles. The lowest BCUT2D eigenvalue weighted by molar-refractivity contribution is 0.0382. The van der Waals surface area contributed by atoms with E-state index >= 15 is 0 Å². The lowest BCUT2D eigenvalue weighted by Crippen LogP contribution is -2.43. The number of nitriles is 1. The number of anilines is 2. The molecule has 1 fully saturated rings. The third-order valence-corrected chi connectivity index (χ3v) is 2.98. The molecule has 0 radical (unpaired) electrons. The van der Waals surface area contributed by atoms with Crippen molar-refractivity contribution >= 4 is 11.5 Å². The molecule has 0 aromatic carbocycles. The summed E-state index contributed by atoms with van der Waals surface area (Å²) < 4.78 is 5.60. The minimum atomic E-state index is 0.218. The maximum atomic E-state index is 8.94. The Labute approximate surface area is 101 Å². The summed E-state index contributed by atoms with van der Waals surface area (Å²) >= 11 is 0. The van der Waals surface area contributed by atoms with E-state index in [9.17, 15) is 0 Å². The van der Waals surface area contributed by atoms with Gasteiger partial charge in [0.25, 0.3) is 0 Å². The van der Waals surface area contributed by atoms with Crippen LogP contribution in [-0.4, -0.2) is 30.8 Å². The number of pyridine rings is 1. The molecule has 90 valence electrons. The largest absolute Gasteiger partial charge is 0.395 e. The SMILES string of the molecule is CCC1CN(c2nccc(C#N)c2N)CCO1. The minimum absolute atomic E-state index is 0.218. The number of ether oxygens (including phenoxy) is 1. The van der Waals surface area contributed by atoms with Gasteiger partial charge in [0, 0.05) is 19.3 Å². The summed E-state index contributed by atoms with van der Waals surface area (Å²) in [4.78, 5) is 6.36. The van der Waals surface area contributed by atoms with E-state index in [1.807, 2.05) is 0 Å². The fraction of sp³-hybridized carbons (Fsp3) is 0.500. The second kappa shape index (κ2) is 5.02. The van der Waals surface area contributed by atoms with Crippen LogP contribution in [0, 0.1) is 11.3 Å². The van der Waals surface area contributed by atoms with E-state index in [4.69, 9.17) is 15.7 Å². The van der Waals surface area contributed by atoms with Gasteiger partial charge in [-0.1, -0.05) is 6.92 Å². The number of hydrogen-bond donors (Lipinski definition) is 1. The molecule has 0 aliphatic carbocycles. The number of nitrogens with zero attached hydrogens (tertiary/aromatic N) is 3. The van der Waals surface area contributed by atoms with Crippen molar-refractivity contribution in [3.63, 3.8) is 0 Å². The molecule has 0 amide bonds. The highest BCUT2D eigenvalue weighted by molar-refractivity contribution is 5.70. The van der Waals surface area contributed by atoms with Gasteiger partial charge in [0.2, 0.25) is 0 Å². The second-order valence-electron chi connectivity index (χ2n) is 4.05. The molecule has 1 aromatic rings. The van der Waals surface area contributed by atoms with Gasteiger partial charge in [0.05, 0.1) is 24.0 Å². The monoisotopic (exact) mass is 232 g/mol. The van der Waals surface area contributed by atoms with Crippen molar-refractivity contribution < 1.29 is 4.74 Å². The van der Waals surface area contributed by atoms with Gasteiger partial charge >= 0.3 is 0 Å². The van der Waals surface area contributed by atoms with E-state index in [0.29, 0.717) is 23.7 Å². The fourth-order valence-corrected chi connectivity index (χ4v) is 1.97. The van der Waals surface area contributed by atoms with Crippen LogP contribution in [0.15, 0.2) is 12.3 Å². The molecule has 0 spiro atoms. The number of aromatic nitrogens is 1. The zero-order valence-corrected chi connectivity index (χ0v) is 9.89. The number of nitrogen functional groups attached to an aromatic ring is 1. The molecule has 5 nitrogen and oxygen atoms in total. The molecule has 1 saturated heterocycles. The van der Waals surface area contributed by atoms with Crippen molar-refractivity contribution in [3.05, 3.63) is 17.8 Å². The first kappa shape index (κ1) is 11.7. The highest BCUT2D eigenvalue weighted by Crippen LogP contribution is 2.25. The van der Waals surface area contributed by atoms with Gasteiger partial charge in [-0.05, 0) is 12.5 Å². The van der Waals surface area contributed by atoms with Crippen LogP contribution in [0.25, 0.3) is 0 Å². The van der Waals surface area contributed by atoms with Gasteiger partial charge in [0.15, 0.2) is 5.82 Å². The Balaban J connectivity index is 2.25. The Morgan fingerprint density at radius 1 is 1.71 bits per heavy atom. The highest BCUT2D eigenvalue weighted by atomic mass is 16.5. The van der Waals surface area contributed by atoms with Crippen LogP contribution < -0.4 is 10.6 Å². The van der Waals surface area contributed by atoms with Gasteiger partial charge in [-0.2, -0.15) is 5.26 Å². The number of hydrogen-bond acceptors (Lipinski definition) is 5. The lowest BCUT2D eigenvalue weighted by Gasteiger charge is -2.33. The van der Waals surface area contributed by atoms with Gasteiger partial charge in [-0.15, -0.1) is 0 Å². The topological polar surface area (TPSA) is 75.2 Å². The van der Waals surface area contributed by atoms with Crippen molar-refractivity contribution in [2.75, 3.05) is 30.3 Å². The third kappa shape index (κ3) is 2.32. The molecule has 1 aromatic heterocycles. The predicted octanol–water partition coefficient (Wildman–Crippen LogP) is 1.15. The Morgan fingerprint density at radius 2 is 2.53 bits per heavy atom. The lowest BCUT2D eigenvalue weighted by atomic mass is 10.2. The normalized spacial score (nSPS) is 20.0. The molecule has 2 rings (SSSR count). The molecule has 1 aliphatic heterocycles. The van der Waals surface area contributed by atoms with E-state index in [-0.39, 0.29) is 6.10 Å². The minimum Gasteiger partial charge on any atom is -0.395 e. The van der Waals surface area contributed by atoms with Crippen LogP contribution in [0.3, 0.4) is 0 Å². The van der Waals surface area contributed by atoms with E-state index in [0.717, 1.165) is 19.5 Å². The first-order valence-electron chi connectivity index (χ1n) is 5.77. The molecular formula is C12H16N4O. The molecule has 1 aliphatic rings. The summed E-state index contributed by atoms with van der Waals surface area (Å²) in [5, 5.41) is 8.94. The molecule has 0 bridgehead atoms. The molecular weight excluding hydrogens is 216 g/mol. The highest BCUT2D eigenvalue weighted by Gasteiger charge is 2.22. The zero-order valence-electron chi connectivity index (χ0n) is 9.89. The summed E-state index contributed by atoms with van der Waals surface area (Å²) in [6, 6.07) is 3.71. The first-order chi connectivity index (χ1) is 8.26. The summed E-state index contributed by atoms with van der Waals surface area (Å²) in [5.41, 5.74) is 6.89. The van der Waals surface area contributed by atoms with Crippen LogP contribution in [0.4, 0.5) is 11.5 Å². The van der Waals surface area contributed by atoms with Gasteiger partial charge in [-0.3, -0.25) is 0 Å². The van der Waals surface area contributed by atoms with Gasteiger partial charge in [0.1, 0.15) is 6.07 Å². The molecule has 17 heavy (non-hydrogen) atoms. The molecule has 2 N–H and O–H groups in total. The maximum absolute atomic E-state index is 8.94. The van der Waals surface area contributed by atoms with Crippen molar-refractivity contribution in [1.82, 2.24) is 4.98 Å². The van der Waals surface area contributed by atoms with E-state index in [1.54, 1.807) is 12.3 Å². The van der Waals surface area contributed by atoms with Crippen molar-refractivity contribution in [2.24, 2.45) is 0 Å². The Hall–Kier alpha value is -1.80. The average molecular weight is 232 g/mol. The number of rotatable bonds is 2. The van der Waals surface area contributed by atoms with Crippen LogP contribution in [0.2, 0.25) is 0 Å². The van der Waals surface area contributed by atoms with Gasteiger partial charge < -0.3 is 15.4 Å². The maximum Gasteiger partial charge on any atom is 0.153 e. The smallest absolute Gasteiger partial charge is 0.153 e. The Kier molecular flexibility index (Phi) is 3.45. The zero-order chi connectivity index (χ0) is 12.3. The Bertz CT molecular complexity index is 441. The standard InChI is InChI=1S/C12H16N4O/c1-2-10-8-16(5-6-17-10)12-11(14)9(7-13)3-4-15-12/h3-4,10H,2,5-6,8,14H2,1H3. The van der Waals surface area contributed by atoms with Crippen LogP contribution in [0.5, 0.6) is 0 Å². The van der Waals surface area contributed by atoms with Gasteiger partial charge in [-0.25, -0.2) is 4.98 Å². The number of morpholine rings is 1. The molecule has 5 heteroatoms. The molecule has 1 unspecified atom stereocenters. The third-order valence-electron chi connectivity index (χ3n) is 2.98. The molecule has 1 atom stereocenters. The summed E-state index contributed by atoms with van der Waals surface area (Å²) in [5.74, 6) is 0.700. The summed E-state index contributed by atoms with van der Waals surface area (Å²) in [7, 11) is 0. The first-order valence-corrected chi connectivity index (χ1v) is 5.77. The quantitative estimate of drug-likeness (QED) is 0.827. The van der Waals surface area contributed by atoms with Crippen LogP contribution in [-0.2, 0) is 4.74 Å². The van der Waals surface area contributed by atoms with Crippen LogP contribution in [0.1, 0.15) is 18.9 Å². The number of nitrogens with two attached hydrogens (primary N) is 1. The summed E-state index contributed by atoms with van der Waals surface area (Å²) in [6.07, 6.45) is 2.81. The van der Waals surface area contributed by atoms with Crippen molar-refractivity contribution in [2.45, 2.75) is 19.4 Å². The average Bonchev–Trinajstić information content (AvgIpc) is 2.39. The summed E-state index contributed by atoms with van der Waals surface area (Å²) in [6.45, 7) is 4.32. The van der Waals surface area contributed by atoms with E-state index in [1.165, 1.54) is 0 Å². The van der Waals surface area contributed by atoms with Crippen LogP contribution >= 0.6 is 0 Å². The predicted molar refractivity (Wildman–Crippen MR) is 65.6 cm³/mol. The molecule has 0 saturated carbocycles. The van der Waals surface area contributed by atoms with E-state index < -0.39 is 0 Å². The second-order valence-corrected chi connectivity index (χ2v) is 4.05. The Morgan fingerprint density at radius 3 is 3.24 bits per heavy atom. The fourth-order valence-electron chi connectivity index (χ4n) is 1.97. The van der Waals surface area contributed by atoms with E-state index in [2.05, 4.69) is 22.9 Å². The van der Waals surface area contributed by atoms with Crippen molar-refractivity contribution in [3.8, 4) is 6.07 Å². The van der Waals surface area contributed by atoms with Crippen molar-refractivity contribution in [1.29, 1.82) is 5.26 Å².